The van der Waals surface area contributed by atoms with Gasteiger partial charge in [0.05, 0.1) is 25.8 Å². The fraction of sp³-hybridized carbons (Fsp3) is 0.611. The normalized spacial score (nSPS) is 16.7. The number of hydrogen-bond acceptors (Lipinski definition) is 4. The Bertz CT molecular complexity index is 526. The van der Waals surface area contributed by atoms with Crippen molar-refractivity contribution >= 4 is 53.3 Å². The van der Waals surface area contributed by atoms with Crippen LogP contribution in [0.2, 0.25) is 5.02 Å². The summed E-state index contributed by atoms with van der Waals surface area (Å²) in [4.78, 5) is 7.28. The first-order valence-electron chi connectivity index (χ1n) is 8.83. The third kappa shape index (κ3) is 8.21. The second-order valence-electron chi connectivity index (χ2n) is 5.85. The van der Waals surface area contributed by atoms with E-state index in [2.05, 4.69) is 40.8 Å². The lowest BCUT2D eigenvalue weighted by molar-refractivity contribution is 0.0180. The minimum atomic E-state index is 0. The van der Waals surface area contributed by atoms with Crippen LogP contribution in [-0.2, 0) is 4.74 Å². The number of aliphatic imine (C=N–C) groups is 1. The van der Waals surface area contributed by atoms with Crippen molar-refractivity contribution in [2.24, 2.45) is 4.99 Å². The summed E-state index contributed by atoms with van der Waals surface area (Å²) in [6, 6.07) is 8.35. The summed E-state index contributed by atoms with van der Waals surface area (Å²) in [7, 11) is 0. The lowest BCUT2D eigenvalue weighted by atomic mass is 10.0. The number of nitrogens with one attached hydrogen (secondary N) is 2. The Morgan fingerprint density at radius 1 is 1.27 bits per heavy atom. The molecule has 8 heteroatoms. The van der Waals surface area contributed by atoms with E-state index < -0.39 is 0 Å². The number of nitrogens with zero attached hydrogens (tertiary/aromatic N) is 2. The monoisotopic (exact) mass is 512 g/mol. The van der Waals surface area contributed by atoms with Crippen LogP contribution in [0.5, 0.6) is 0 Å². The van der Waals surface area contributed by atoms with Crippen molar-refractivity contribution in [1.82, 2.24) is 15.5 Å². The van der Waals surface area contributed by atoms with Gasteiger partial charge in [0.1, 0.15) is 0 Å². The smallest absolute Gasteiger partial charge is 0.191 e. The number of rotatable bonds is 8. The Morgan fingerprint density at radius 2 is 1.96 bits per heavy atom. The number of halogens is 2. The predicted octanol–water partition coefficient (Wildman–Crippen LogP) is 3.25. The number of benzene rings is 1. The molecule has 0 saturated carbocycles. The van der Waals surface area contributed by atoms with E-state index in [0.29, 0.717) is 6.54 Å². The largest absolute Gasteiger partial charge is 0.379 e. The summed E-state index contributed by atoms with van der Waals surface area (Å²) in [5.74, 6) is 1.94. The first-order valence-corrected chi connectivity index (χ1v) is 10.6. The van der Waals surface area contributed by atoms with E-state index in [4.69, 9.17) is 21.3 Å². The third-order valence-electron chi connectivity index (χ3n) is 4.11. The van der Waals surface area contributed by atoms with E-state index in [-0.39, 0.29) is 30.0 Å². The van der Waals surface area contributed by atoms with Gasteiger partial charge in [-0.15, -0.1) is 24.0 Å². The summed E-state index contributed by atoms with van der Waals surface area (Å²) >= 11 is 7.89. The van der Waals surface area contributed by atoms with Crippen LogP contribution in [0.3, 0.4) is 0 Å². The van der Waals surface area contributed by atoms with Gasteiger partial charge in [-0.25, -0.2) is 0 Å². The Balaban J connectivity index is 0.00000338. The Hall–Kier alpha value is -0.220. The van der Waals surface area contributed by atoms with Crippen LogP contribution >= 0.6 is 47.3 Å². The van der Waals surface area contributed by atoms with E-state index in [9.17, 15) is 0 Å². The molecule has 1 aliphatic rings. The average Bonchev–Trinajstić information content (AvgIpc) is 2.64. The molecule has 1 aromatic rings. The molecule has 1 aliphatic heterocycles. The SMILES string of the molecule is CCNC(=NCC(c1ccc(Cl)cc1)N1CCOCC1)NCCSC.I. The van der Waals surface area contributed by atoms with Crippen LogP contribution in [0.4, 0.5) is 0 Å². The maximum Gasteiger partial charge on any atom is 0.191 e. The molecule has 1 fully saturated rings. The molecule has 0 amide bonds. The molecule has 26 heavy (non-hydrogen) atoms. The fourth-order valence-electron chi connectivity index (χ4n) is 2.80. The number of hydrogen-bond donors (Lipinski definition) is 2. The molecule has 2 N–H and O–H groups in total. The summed E-state index contributed by atoms with van der Waals surface area (Å²) in [5, 5.41) is 7.48. The molecular formula is C18H30ClIN4OS. The summed E-state index contributed by atoms with van der Waals surface area (Å²) in [6.07, 6.45) is 2.11. The van der Waals surface area contributed by atoms with Gasteiger partial charge in [0.2, 0.25) is 0 Å². The van der Waals surface area contributed by atoms with Gasteiger partial charge < -0.3 is 15.4 Å². The highest BCUT2D eigenvalue weighted by Gasteiger charge is 2.22. The van der Waals surface area contributed by atoms with Crippen LogP contribution in [0.25, 0.3) is 0 Å². The van der Waals surface area contributed by atoms with Crippen molar-refractivity contribution < 1.29 is 4.74 Å². The van der Waals surface area contributed by atoms with Gasteiger partial charge in [-0.05, 0) is 30.9 Å². The molecular weight excluding hydrogens is 483 g/mol. The Labute approximate surface area is 183 Å². The molecule has 0 aliphatic carbocycles. The van der Waals surface area contributed by atoms with Crippen molar-refractivity contribution in [3.05, 3.63) is 34.9 Å². The van der Waals surface area contributed by atoms with Gasteiger partial charge in [-0.2, -0.15) is 11.8 Å². The number of ether oxygens (including phenoxy) is 1. The highest BCUT2D eigenvalue weighted by Crippen LogP contribution is 2.24. The van der Waals surface area contributed by atoms with Crippen molar-refractivity contribution in [2.75, 3.05) is 57.9 Å². The van der Waals surface area contributed by atoms with Crippen molar-refractivity contribution in [3.8, 4) is 0 Å². The van der Waals surface area contributed by atoms with Gasteiger partial charge in [0, 0.05) is 37.0 Å². The molecule has 1 atom stereocenters. The lowest BCUT2D eigenvalue weighted by Crippen LogP contribution is -2.42. The van der Waals surface area contributed by atoms with Gasteiger partial charge in [-0.1, -0.05) is 23.7 Å². The van der Waals surface area contributed by atoms with E-state index in [1.54, 1.807) is 0 Å². The Morgan fingerprint density at radius 3 is 2.58 bits per heavy atom. The zero-order valence-electron chi connectivity index (χ0n) is 15.5. The Kier molecular flexibility index (Phi) is 12.7. The number of thioether (sulfide) groups is 1. The molecule has 0 radical (unpaired) electrons. The topological polar surface area (TPSA) is 48.9 Å². The van der Waals surface area contributed by atoms with Gasteiger partial charge >= 0.3 is 0 Å². The van der Waals surface area contributed by atoms with Crippen molar-refractivity contribution in [3.63, 3.8) is 0 Å². The van der Waals surface area contributed by atoms with Crippen LogP contribution in [0.1, 0.15) is 18.5 Å². The second kappa shape index (κ2) is 13.9. The molecule has 148 valence electrons. The van der Waals surface area contributed by atoms with Gasteiger partial charge in [0.15, 0.2) is 5.96 Å². The van der Waals surface area contributed by atoms with Crippen molar-refractivity contribution in [1.29, 1.82) is 0 Å². The van der Waals surface area contributed by atoms with Crippen LogP contribution in [0.15, 0.2) is 29.3 Å². The first-order chi connectivity index (χ1) is 12.2. The minimum absolute atomic E-state index is 0. The molecule has 2 rings (SSSR count). The molecule has 1 heterocycles. The zero-order valence-corrected chi connectivity index (χ0v) is 19.4. The molecule has 1 saturated heterocycles. The second-order valence-corrected chi connectivity index (χ2v) is 7.28. The highest BCUT2D eigenvalue weighted by molar-refractivity contribution is 14.0. The maximum atomic E-state index is 6.06. The quantitative estimate of drug-likeness (QED) is 0.242. The molecule has 0 spiro atoms. The minimum Gasteiger partial charge on any atom is -0.379 e. The zero-order chi connectivity index (χ0) is 17.9. The lowest BCUT2D eigenvalue weighted by Gasteiger charge is -2.34. The number of guanidine groups is 1. The van der Waals surface area contributed by atoms with Crippen LogP contribution < -0.4 is 10.6 Å². The van der Waals surface area contributed by atoms with Crippen LogP contribution in [0, 0.1) is 0 Å². The summed E-state index contributed by atoms with van der Waals surface area (Å²) < 4.78 is 5.51. The van der Waals surface area contributed by atoms with Gasteiger partial charge in [0.25, 0.3) is 0 Å². The van der Waals surface area contributed by atoms with E-state index in [1.807, 2.05) is 23.9 Å². The third-order valence-corrected chi connectivity index (χ3v) is 4.97. The fourth-order valence-corrected chi connectivity index (χ4v) is 3.23. The van der Waals surface area contributed by atoms with Crippen molar-refractivity contribution in [2.45, 2.75) is 13.0 Å². The average molecular weight is 513 g/mol. The predicted molar refractivity (Wildman–Crippen MR) is 124 cm³/mol. The molecule has 0 bridgehead atoms. The van der Waals surface area contributed by atoms with E-state index in [0.717, 1.165) is 56.1 Å². The summed E-state index contributed by atoms with van der Waals surface area (Å²) in [5.41, 5.74) is 1.25. The van der Waals surface area contributed by atoms with Crippen LogP contribution in [-0.4, -0.2) is 68.8 Å². The molecule has 5 nitrogen and oxygen atoms in total. The summed E-state index contributed by atoms with van der Waals surface area (Å²) in [6.45, 7) is 7.98. The number of morpholine rings is 1. The van der Waals surface area contributed by atoms with E-state index in [1.165, 1.54) is 5.56 Å². The van der Waals surface area contributed by atoms with Gasteiger partial charge in [-0.3, -0.25) is 9.89 Å². The molecule has 0 aromatic heterocycles. The maximum absolute atomic E-state index is 6.06. The standard InChI is InChI=1S/C18H29ClN4OS.HI/c1-3-20-18(21-8-13-25-2)22-14-17(23-9-11-24-12-10-23)15-4-6-16(19)7-5-15;/h4-7,17H,3,8-14H2,1-2H3,(H2,20,21,22);1H. The highest BCUT2D eigenvalue weighted by atomic mass is 127. The first kappa shape index (κ1) is 23.8. The van der Waals surface area contributed by atoms with E-state index >= 15 is 0 Å². The molecule has 1 unspecified atom stereocenters. The molecule has 1 aromatic carbocycles.